The number of aliphatic hydroxyl groups excluding tert-OH is 2. The number of carboxylic acids is 1. The van der Waals surface area contributed by atoms with E-state index in [2.05, 4.69) is 18.4 Å². The molecular formula is C40H72NO13P. The monoisotopic (exact) mass is 805 g/mol. The topological polar surface area (TPSA) is 229 Å². The lowest BCUT2D eigenvalue weighted by molar-refractivity contribution is -0.161. The van der Waals surface area contributed by atoms with E-state index in [-0.39, 0.29) is 31.0 Å². The third-order valence-corrected chi connectivity index (χ3v) is 10.9. The van der Waals surface area contributed by atoms with Crippen molar-refractivity contribution >= 4 is 31.5 Å². The molecule has 0 heterocycles. The molecule has 1 aliphatic rings. The minimum Gasteiger partial charge on any atom is -0.480 e. The lowest BCUT2D eigenvalue weighted by Crippen LogP contribution is -2.34. The number of aliphatic carboxylic acids is 1. The lowest BCUT2D eigenvalue weighted by atomic mass is 9.88. The molecule has 0 aromatic rings. The van der Waals surface area contributed by atoms with E-state index in [1.807, 2.05) is 0 Å². The van der Waals surface area contributed by atoms with Gasteiger partial charge in [0.1, 0.15) is 18.4 Å². The Morgan fingerprint density at radius 1 is 0.800 bits per heavy atom. The number of esters is 2. The van der Waals surface area contributed by atoms with Gasteiger partial charge in [0.2, 0.25) is 0 Å². The van der Waals surface area contributed by atoms with Crippen LogP contribution in [0.2, 0.25) is 0 Å². The molecule has 7 atom stereocenters. The molecule has 1 fully saturated rings. The molecule has 55 heavy (non-hydrogen) atoms. The summed E-state index contributed by atoms with van der Waals surface area (Å²) in [6.07, 6.45) is 20.5. The van der Waals surface area contributed by atoms with Crippen molar-refractivity contribution < 1.29 is 62.5 Å². The van der Waals surface area contributed by atoms with Crippen molar-refractivity contribution in [1.29, 1.82) is 0 Å². The maximum atomic E-state index is 12.6. The first-order valence-electron chi connectivity index (χ1n) is 20.8. The first-order valence-corrected chi connectivity index (χ1v) is 22.3. The average Bonchev–Trinajstić information content (AvgIpc) is 3.41. The Balaban J connectivity index is 2.49. The number of unbranched alkanes of at least 4 members (excludes halogenated alkanes) is 15. The number of phosphoric ester groups is 1. The predicted octanol–water partition coefficient (Wildman–Crippen LogP) is 7.09. The number of allylic oxidation sites excluding steroid dienone is 1. The van der Waals surface area contributed by atoms with Gasteiger partial charge in [0.15, 0.2) is 6.10 Å². The van der Waals surface area contributed by atoms with Gasteiger partial charge in [-0.3, -0.25) is 28.2 Å². The Kier molecular flexibility index (Phi) is 28.5. The van der Waals surface area contributed by atoms with Crippen LogP contribution in [0, 0.1) is 11.8 Å². The highest BCUT2D eigenvalue weighted by Crippen LogP contribution is 2.43. The van der Waals surface area contributed by atoms with Gasteiger partial charge in [-0.05, 0) is 31.6 Å². The molecule has 0 radical (unpaired) electrons. The van der Waals surface area contributed by atoms with Crippen molar-refractivity contribution in [3.63, 3.8) is 0 Å². The number of rotatable bonds is 35. The van der Waals surface area contributed by atoms with Crippen LogP contribution in [0.3, 0.4) is 0 Å². The number of aliphatic hydroxyl groups is 2. The van der Waals surface area contributed by atoms with Gasteiger partial charge in [-0.15, -0.1) is 0 Å². The fourth-order valence-corrected chi connectivity index (χ4v) is 7.34. The van der Waals surface area contributed by atoms with Crippen molar-refractivity contribution in [2.24, 2.45) is 17.6 Å². The molecule has 0 amide bonds. The molecule has 0 aromatic carbocycles. The average molecular weight is 806 g/mol. The number of hydrogen-bond donors (Lipinski definition) is 5. The molecule has 0 spiro atoms. The molecule has 0 aliphatic heterocycles. The first-order chi connectivity index (χ1) is 26.3. The van der Waals surface area contributed by atoms with Gasteiger partial charge in [-0.25, -0.2) is 4.57 Å². The van der Waals surface area contributed by atoms with E-state index in [1.165, 1.54) is 44.9 Å². The van der Waals surface area contributed by atoms with Crippen molar-refractivity contribution in [1.82, 2.24) is 0 Å². The van der Waals surface area contributed by atoms with Crippen LogP contribution < -0.4 is 5.73 Å². The fourth-order valence-electron chi connectivity index (χ4n) is 6.56. The van der Waals surface area contributed by atoms with E-state index in [0.29, 0.717) is 32.1 Å². The van der Waals surface area contributed by atoms with E-state index in [9.17, 15) is 38.8 Å². The largest absolute Gasteiger partial charge is 0.480 e. The molecule has 1 rings (SSSR count). The number of carbonyl (C=O) groups excluding carboxylic acids is 3. The van der Waals surface area contributed by atoms with Crippen molar-refractivity contribution in [2.75, 3.05) is 19.8 Å². The molecule has 0 saturated heterocycles. The van der Waals surface area contributed by atoms with Gasteiger partial charge in [-0.1, -0.05) is 129 Å². The molecule has 0 bridgehead atoms. The second-order valence-corrected chi connectivity index (χ2v) is 16.4. The molecule has 6 N–H and O–H groups in total. The summed E-state index contributed by atoms with van der Waals surface area (Å²) in [5.74, 6) is -3.19. The van der Waals surface area contributed by atoms with Crippen molar-refractivity contribution in [3.05, 3.63) is 12.2 Å². The van der Waals surface area contributed by atoms with Crippen LogP contribution in [0.1, 0.15) is 162 Å². The maximum Gasteiger partial charge on any atom is 0.472 e. The van der Waals surface area contributed by atoms with Gasteiger partial charge in [-0.2, -0.15) is 0 Å². The van der Waals surface area contributed by atoms with E-state index in [1.54, 1.807) is 12.2 Å². The van der Waals surface area contributed by atoms with Crippen LogP contribution >= 0.6 is 7.82 Å². The Labute approximate surface area is 328 Å². The first kappa shape index (κ1) is 50.8. The number of ether oxygens (including phenoxy) is 2. The maximum absolute atomic E-state index is 12.6. The molecule has 1 saturated carbocycles. The summed E-state index contributed by atoms with van der Waals surface area (Å²) in [7, 11) is -4.77. The highest BCUT2D eigenvalue weighted by molar-refractivity contribution is 7.47. The van der Waals surface area contributed by atoms with Crippen LogP contribution in [0.5, 0.6) is 0 Å². The zero-order valence-corrected chi connectivity index (χ0v) is 34.4. The van der Waals surface area contributed by atoms with Gasteiger partial charge in [0, 0.05) is 25.2 Å². The minimum absolute atomic E-state index is 0.0163. The van der Waals surface area contributed by atoms with E-state index in [0.717, 1.165) is 51.4 Å². The standard InChI is InChI=1S/C40H72NO13P/c1-3-5-7-8-9-10-11-12-13-14-20-24-39(46)54-32(29-52-55(49,50)53-30-35(41)40(47)48)28-51-38(45)23-19-16-15-18-22-33-34(37(44)27-36(33)43)26-25-31(42)21-17-6-4-2/h25-26,31-36,42-43H,3-24,27-30,41H2,1-2H3,(H,47,48)(H,49,50)/b26-25+/t31-,32+,33+,34+,35-,36-/m0/s1. The summed E-state index contributed by atoms with van der Waals surface area (Å²) < 4.78 is 32.6. The number of carboxylic acid groups (broad SMARTS) is 1. The molecule has 14 nitrogen and oxygen atoms in total. The normalized spacial score (nSPS) is 20.0. The summed E-state index contributed by atoms with van der Waals surface area (Å²) in [6.45, 7) is 2.44. The van der Waals surface area contributed by atoms with E-state index < -0.39 is 75.8 Å². The minimum atomic E-state index is -4.77. The number of phosphoric acid groups is 1. The third kappa shape index (κ3) is 25.6. The number of carbonyl (C=O) groups is 4. The quantitative estimate of drug-likeness (QED) is 0.0186. The van der Waals surface area contributed by atoms with Crippen LogP contribution in [0.25, 0.3) is 0 Å². The van der Waals surface area contributed by atoms with Crippen LogP contribution in [-0.2, 0) is 42.3 Å². The zero-order chi connectivity index (χ0) is 40.9. The second-order valence-electron chi connectivity index (χ2n) is 14.9. The van der Waals surface area contributed by atoms with Crippen LogP contribution in [0.4, 0.5) is 0 Å². The summed E-state index contributed by atoms with van der Waals surface area (Å²) in [6, 6.07) is -1.55. The van der Waals surface area contributed by atoms with Gasteiger partial charge in [0.25, 0.3) is 0 Å². The van der Waals surface area contributed by atoms with Crippen LogP contribution in [-0.4, -0.2) is 88.1 Å². The Morgan fingerprint density at radius 2 is 1.33 bits per heavy atom. The number of ketones is 1. The Morgan fingerprint density at radius 3 is 1.93 bits per heavy atom. The predicted molar refractivity (Wildman–Crippen MR) is 209 cm³/mol. The molecule has 1 unspecified atom stereocenters. The van der Waals surface area contributed by atoms with Gasteiger partial charge in [0.05, 0.1) is 25.4 Å². The molecule has 1 aliphatic carbocycles. The molecule has 0 aromatic heterocycles. The van der Waals surface area contributed by atoms with E-state index >= 15 is 0 Å². The Hall–Kier alpha value is -2.19. The summed E-state index contributed by atoms with van der Waals surface area (Å²) in [5, 5.41) is 29.6. The molecular weight excluding hydrogens is 733 g/mol. The smallest absolute Gasteiger partial charge is 0.472 e. The fraction of sp³-hybridized carbons (Fsp3) is 0.850. The van der Waals surface area contributed by atoms with Gasteiger partial charge >= 0.3 is 25.7 Å². The highest BCUT2D eigenvalue weighted by atomic mass is 31.2. The summed E-state index contributed by atoms with van der Waals surface area (Å²) in [4.78, 5) is 58.5. The molecule has 320 valence electrons. The summed E-state index contributed by atoms with van der Waals surface area (Å²) in [5.41, 5.74) is 5.32. The highest BCUT2D eigenvalue weighted by Gasteiger charge is 2.39. The summed E-state index contributed by atoms with van der Waals surface area (Å²) >= 11 is 0. The SMILES string of the molecule is CCCCCCCCCCCCCC(=O)O[C@H](COC(=O)CCCCCC[C@H]1[C@@H](O)CC(=O)[C@@H]1/C=C/[C@@H](O)CCCCC)COP(=O)(O)OC[C@H](N)C(=O)O. The van der Waals surface area contributed by atoms with Crippen molar-refractivity contribution in [3.8, 4) is 0 Å². The molecule has 15 heteroatoms. The lowest BCUT2D eigenvalue weighted by Gasteiger charge is -2.20. The number of hydrogen-bond acceptors (Lipinski definition) is 12. The van der Waals surface area contributed by atoms with Crippen molar-refractivity contribution in [2.45, 2.75) is 186 Å². The van der Waals surface area contributed by atoms with Gasteiger partial charge < -0.3 is 35.4 Å². The van der Waals surface area contributed by atoms with Crippen LogP contribution in [0.15, 0.2) is 12.2 Å². The third-order valence-electron chi connectivity index (χ3n) is 9.92. The zero-order valence-electron chi connectivity index (χ0n) is 33.5. The second kappa shape index (κ2) is 30.9. The number of nitrogens with two attached hydrogens (primary N) is 1. The number of Topliss-reactive ketones (excluding diaryl/α,β-unsaturated/α-hetero) is 1. The van der Waals surface area contributed by atoms with E-state index in [4.69, 9.17) is 24.8 Å². The Bertz CT molecular complexity index is 1150.